The molecule has 0 amide bonds. The van der Waals surface area contributed by atoms with Crippen LogP contribution in [0.15, 0.2) is 70.4 Å². The number of carbonyl (C=O) groups is 1. The maximum atomic E-state index is 12.7. The highest BCUT2D eigenvalue weighted by molar-refractivity contribution is 7.99. The zero-order valence-electron chi connectivity index (χ0n) is 16.6. The molecule has 152 valence electrons. The van der Waals surface area contributed by atoms with Crippen LogP contribution in [0.5, 0.6) is 5.75 Å². The van der Waals surface area contributed by atoms with E-state index < -0.39 is 5.97 Å². The summed E-state index contributed by atoms with van der Waals surface area (Å²) >= 11 is 1.48. The lowest BCUT2D eigenvalue weighted by Gasteiger charge is -2.16. The van der Waals surface area contributed by atoms with Crippen LogP contribution in [0.1, 0.15) is 12.5 Å². The van der Waals surface area contributed by atoms with Crippen molar-refractivity contribution >= 4 is 29.5 Å². The molecule has 0 radical (unpaired) electrons. The number of ether oxygens (including phenoxy) is 2. The summed E-state index contributed by atoms with van der Waals surface area (Å²) in [5, 5.41) is 13.9. The second kappa shape index (κ2) is 8.96. The van der Waals surface area contributed by atoms with Gasteiger partial charge < -0.3 is 9.47 Å². The Hall–Kier alpha value is -3.39. The smallest absolute Gasteiger partial charge is 0.340 e. The van der Waals surface area contributed by atoms with Gasteiger partial charge in [-0.25, -0.2) is 4.79 Å². The van der Waals surface area contributed by atoms with Crippen LogP contribution in [0.4, 0.5) is 0 Å². The highest BCUT2D eigenvalue weighted by Crippen LogP contribution is 2.29. The van der Waals surface area contributed by atoms with Crippen molar-refractivity contribution in [3.8, 4) is 17.1 Å². The van der Waals surface area contributed by atoms with Crippen molar-refractivity contribution in [3.05, 3.63) is 65.7 Å². The van der Waals surface area contributed by atoms with E-state index >= 15 is 0 Å². The molecule has 0 fully saturated rings. The van der Waals surface area contributed by atoms with Gasteiger partial charge in [0.05, 0.1) is 25.0 Å². The van der Waals surface area contributed by atoms with E-state index in [9.17, 15) is 4.79 Å². The molecule has 30 heavy (non-hydrogen) atoms. The van der Waals surface area contributed by atoms with Crippen LogP contribution in [0.3, 0.4) is 0 Å². The zero-order valence-corrected chi connectivity index (χ0v) is 17.4. The summed E-state index contributed by atoms with van der Waals surface area (Å²) in [7, 11) is 1.62. The maximum Gasteiger partial charge on any atom is 0.340 e. The van der Waals surface area contributed by atoms with E-state index in [1.807, 2.05) is 54.6 Å². The van der Waals surface area contributed by atoms with Gasteiger partial charge in [-0.2, -0.15) is 9.78 Å². The Morgan fingerprint density at radius 1 is 1.13 bits per heavy atom. The van der Waals surface area contributed by atoms with Gasteiger partial charge in [-0.15, -0.1) is 10.2 Å². The molecule has 0 saturated heterocycles. The number of rotatable bonds is 6. The number of aromatic nitrogens is 3. The van der Waals surface area contributed by atoms with E-state index in [0.717, 1.165) is 16.9 Å². The number of esters is 1. The van der Waals surface area contributed by atoms with Crippen molar-refractivity contribution in [1.29, 1.82) is 0 Å². The molecule has 2 heterocycles. The third-order valence-electron chi connectivity index (χ3n) is 4.44. The summed E-state index contributed by atoms with van der Waals surface area (Å²) in [4.78, 5) is 12.7. The van der Waals surface area contributed by atoms with Gasteiger partial charge in [-0.3, -0.25) is 0 Å². The lowest BCUT2D eigenvalue weighted by atomic mass is 10.1. The van der Waals surface area contributed by atoms with Gasteiger partial charge >= 0.3 is 5.97 Å². The van der Waals surface area contributed by atoms with Gasteiger partial charge in [0, 0.05) is 11.3 Å². The van der Waals surface area contributed by atoms with Crippen LogP contribution >= 0.6 is 11.8 Å². The minimum atomic E-state index is -0.400. The average Bonchev–Trinajstić information content (AvgIpc) is 3.21. The monoisotopic (exact) mass is 420 g/mol. The van der Waals surface area contributed by atoms with E-state index in [0.29, 0.717) is 34.6 Å². The standard InChI is InChI=1S/C22H20N4O3S/c1-3-29-21(27)18(13-15-7-5-4-6-8-15)19-14-30-22-24-23-20(26(22)25-19)16-9-11-17(28-2)12-10-16/h4-13H,3,14H2,1-2H3. The number of methoxy groups -OCH3 is 1. The summed E-state index contributed by atoms with van der Waals surface area (Å²) < 4.78 is 12.2. The predicted molar refractivity (Wildman–Crippen MR) is 117 cm³/mol. The first kappa shape index (κ1) is 19.9. The maximum absolute atomic E-state index is 12.7. The molecule has 0 unspecified atom stereocenters. The molecule has 0 saturated carbocycles. The highest BCUT2D eigenvalue weighted by atomic mass is 32.2. The first-order chi connectivity index (χ1) is 14.7. The van der Waals surface area contributed by atoms with Crippen molar-refractivity contribution in [2.45, 2.75) is 12.1 Å². The molecule has 1 aromatic heterocycles. The molecule has 1 aliphatic rings. The lowest BCUT2D eigenvalue weighted by Crippen LogP contribution is -2.21. The first-order valence-corrected chi connectivity index (χ1v) is 10.4. The second-order valence-corrected chi connectivity index (χ2v) is 7.31. The lowest BCUT2D eigenvalue weighted by molar-refractivity contribution is -0.137. The number of thioether (sulfide) groups is 1. The molecule has 2 aromatic carbocycles. The quantitative estimate of drug-likeness (QED) is 0.444. The molecule has 1 aliphatic heterocycles. The van der Waals surface area contributed by atoms with E-state index in [1.54, 1.807) is 24.8 Å². The molecule has 7 nitrogen and oxygen atoms in total. The van der Waals surface area contributed by atoms with Crippen LogP contribution in [-0.4, -0.2) is 46.0 Å². The number of fused-ring (bicyclic) bond motifs is 1. The van der Waals surface area contributed by atoms with Crippen LogP contribution in [0.25, 0.3) is 17.5 Å². The molecule has 0 aliphatic carbocycles. The van der Waals surface area contributed by atoms with Gasteiger partial charge in [-0.1, -0.05) is 42.1 Å². The summed E-state index contributed by atoms with van der Waals surface area (Å²) in [6.45, 7) is 2.08. The molecule has 8 heteroatoms. The van der Waals surface area contributed by atoms with Crippen molar-refractivity contribution < 1.29 is 14.3 Å². The van der Waals surface area contributed by atoms with Gasteiger partial charge in [0.1, 0.15) is 5.75 Å². The van der Waals surface area contributed by atoms with Gasteiger partial charge in [-0.05, 0) is 42.8 Å². The van der Waals surface area contributed by atoms with Gasteiger partial charge in [0.25, 0.3) is 0 Å². The van der Waals surface area contributed by atoms with Crippen molar-refractivity contribution in [2.75, 3.05) is 19.5 Å². The molecule has 0 spiro atoms. The van der Waals surface area contributed by atoms with E-state index in [1.165, 1.54) is 11.8 Å². The SMILES string of the molecule is CCOC(=O)C(=Cc1ccccc1)C1=Nn2c(nnc2-c2ccc(OC)cc2)SC1. The van der Waals surface area contributed by atoms with Gasteiger partial charge in [0.15, 0.2) is 5.82 Å². The Morgan fingerprint density at radius 3 is 2.60 bits per heavy atom. The van der Waals surface area contributed by atoms with E-state index in [4.69, 9.17) is 14.6 Å². The minimum absolute atomic E-state index is 0.292. The molecule has 0 N–H and O–H groups in total. The second-order valence-electron chi connectivity index (χ2n) is 6.37. The summed E-state index contributed by atoms with van der Waals surface area (Å²) in [5.74, 6) is 1.45. The van der Waals surface area contributed by atoms with Crippen LogP contribution in [0, 0.1) is 0 Å². The molecular formula is C22H20N4O3S. The zero-order chi connectivity index (χ0) is 20.9. The number of hydrogen-bond acceptors (Lipinski definition) is 7. The molecule has 0 bridgehead atoms. The highest BCUT2D eigenvalue weighted by Gasteiger charge is 2.25. The van der Waals surface area contributed by atoms with Crippen LogP contribution in [0.2, 0.25) is 0 Å². The fourth-order valence-electron chi connectivity index (χ4n) is 2.96. The summed E-state index contributed by atoms with van der Waals surface area (Å²) in [6.07, 6.45) is 1.81. The number of benzene rings is 2. The Morgan fingerprint density at radius 2 is 1.90 bits per heavy atom. The Balaban J connectivity index is 1.75. The normalized spacial score (nSPS) is 13.4. The number of carbonyl (C=O) groups excluding carboxylic acids is 1. The van der Waals surface area contributed by atoms with Crippen LogP contribution in [-0.2, 0) is 9.53 Å². The fraction of sp³-hybridized carbons (Fsp3) is 0.182. The molecule has 3 aromatic rings. The third-order valence-corrected chi connectivity index (χ3v) is 5.37. The van der Waals surface area contributed by atoms with Gasteiger partial charge in [0.2, 0.25) is 5.16 Å². The molecule has 4 rings (SSSR count). The molecule has 0 atom stereocenters. The van der Waals surface area contributed by atoms with Crippen molar-refractivity contribution in [1.82, 2.24) is 14.9 Å². The Kier molecular flexibility index (Phi) is 5.94. The first-order valence-electron chi connectivity index (χ1n) is 9.44. The van der Waals surface area contributed by atoms with Crippen LogP contribution < -0.4 is 4.74 Å². The summed E-state index contributed by atoms with van der Waals surface area (Å²) in [6, 6.07) is 17.2. The topological polar surface area (TPSA) is 78.6 Å². The predicted octanol–water partition coefficient (Wildman–Crippen LogP) is 3.91. The number of hydrogen-bond donors (Lipinski definition) is 0. The summed E-state index contributed by atoms with van der Waals surface area (Å²) in [5.41, 5.74) is 2.79. The van der Waals surface area contributed by atoms with Crippen molar-refractivity contribution in [3.63, 3.8) is 0 Å². The Labute approximate surface area is 178 Å². The Bertz CT molecular complexity index is 1110. The van der Waals surface area contributed by atoms with E-state index in [-0.39, 0.29) is 0 Å². The number of nitrogens with zero attached hydrogens (tertiary/aromatic N) is 4. The molecular weight excluding hydrogens is 400 g/mol. The minimum Gasteiger partial charge on any atom is -0.497 e. The van der Waals surface area contributed by atoms with Crippen molar-refractivity contribution in [2.24, 2.45) is 5.10 Å². The fourth-order valence-corrected chi connectivity index (χ4v) is 3.79. The average molecular weight is 420 g/mol. The van der Waals surface area contributed by atoms with E-state index in [2.05, 4.69) is 10.2 Å². The largest absolute Gasteiger partial charge is 0.497 e. The third kappa shape index (κ3) is 4.13.